The first-order valence-corrected chi connectivity index (χ1v) is 12.5. The van der Waals surface area contributed by atoms with Crippen molar-refractivity contribution < 1.29 is 9.18 Å². The minimum atomic E-state index is -0.334. The first kappa shape index (κ1) is 22.3. The molecule has 1 aliphatic heterocycles. The van der Waals surface area contributed by atoms with E-state index in [-0.39, 0.29) is 11.7 Å². The van der Waals surface area contributed by atoms with Crippen LogP contribution in [0.3, 0.4) is 0 Å². The second kappa shape index (κ2) is 10.2. The highest BCUT2D eigenvalue weighted by Crippen LogP contribution is 2.26. The van der Waals surface area contributed by atoms with Crippen molar-refractivity contribution in [3.63, 3.8) is 0 Å². The average molecular weight is 472 g/mol. The molecular formula is C28H26FN3OS. The third kappa shape index (κ3) is 4.87. The zero-order chi connectivity index (χ0) is 23.3. The zero-order valence-corrected chi connectivity index (χ0v) is 19.7. The number of amides is 1. The fourth-order valence-electron chi connectivity index (χ4n) is 4.34. The monoisotopic (exact) mass is 471 g/mol. The van der Waals surface area contributed by atoms with Crippen LogP contribution in [0.25, 0.3) is 22.4 Å². The van der Waals surface area contributed by atoms with E-state index in [9.17, 15) is 9.18 Å². The quantitative estimate of drug-likeness (QED) is 0.313. The number of carbonyl (C=O) groups is 1. The van der Waals surface area contributed by atoms with Gasteiger partial charge in [-0.3, -0.25) is 4.79 Å². The van der Waals surface area contributed by atoms with Gasteiger partial charge in [-0.15, -0.1) is 11.3 Å². The van der Waals surface area contributed by atoms with Crippen molar-refractivity contribution in [3.05, 3.63) is 94.9 Å². The number of thiazole rings is 1. The Morgan fingerprint density at radius 1 is 0.853 bits per heavy atom. The molecule has 0 saturated carbocycles. The molecule has 34 heavy (non-hydrogen) atoms. The van der Waals surface area contributed by atoms with E-state index in [4.69, 9.17) is 0 Å². The molecule has 0 bridgehead atoms. The Morgan fingerprint density at radius 2 is 1.56 bits per heavy atom. The lowest BCUT2D eigenvalue weighted by Crippen LogP contribution is -2.27. The summed E-state index contributed by atoms with van der Waals surface area (Å²) in [5.74, 6) is -0.0952. The van der Waals surface area contributed by atoms with Gasteiger partial charge in [-0.1, -0.05) is 66.7 Å². The second-order valence-corrected chi connectivity index (χ2v) is 9.24. The zero-order valence-electron chi connectivity index (χ0n) is 18.9. The summed E-state index contributed by atoms with van der Waals surface area (Å²) in [7, 11) is 0. The minimum absolute atomic E-state index is 0.239. The van der Waals surface area contributed by atoms with E-state index < -0.39 is 0 Å². The summed E-state index contributed by atoms with van der Waals surface area (Å²) in [4.78, 5) is 19.3. The fourth-order valence-corrected chi connectivity index (χ4v) is 5.28. The van der Waals surface area contributed by atoms with Crippen LogP contribution in [0.5, 0.6) is 0 Å². The van der Waals surface area contributed by atoms with Crippen LogP contribution in [-0.2, 0) is 11.3 Å². The van der Waals surface area contributed by atoms with E-state index in [1.165, 1.54) is 23.0 Å². The van der Waals surface area contributed by atoms with E-state index in [1.807, 2.05) is 23.1 Å². The Morgan fingerprint density at radius 3 is 2.29 bits per heavy atom. The number of benzene rings is 3. The molecule has 0 radical (unpaired) electrons. The van der Waals surface area contributed by atoms with Crippen LogP contribution in [0.15, 0.2) is 89.2 Å². The lowest BCUT2D eigenvalue weighted by atomic mass is 10.0. The van der Waals surface area contributed by atoms with Gasteiger partial charge in [0, 0.05) is 31.4 Å². The number of aromatic nitrogens is 1. The molecule has 0 N–H and O–H groups in total. The molecule has 0 unspecified atom stereocenters. The third-order valence-corrected chi connectivity index (χ3v) is 7.00. The van der Waals surface area contributed by atoms with Crippen molar-refractivity contribution in [2.45, 2.75) is 25.8 Å². The predicted octanol–water partition coefficient (Wildman–Crippen LogP) is 6.27. The number of nitrogens with zero attached hydrogens (tertiary/aromatic N) is 3. The smallest absolute Gasteiger partial charge is 0.222 e. The van der Waals surface area contributed by atoms with Gasteiger partial charge in [-0.25, -0.2) is 9.38 Å². The van der Waals surface area contributed by atoms with E-state index in [1.54, 1.807) is 18.2 Å². The molecule has 0 aliphatic carbocycles. The number of para-hydroxylation sites is 1. The van der Waals surface area contributed by atoms with Crippen LogP contribution < -0.4 is 4.80 Å². The standard InChI is InChI=1S/C28H26FN3OS/c29-24-10-4-5-11-25(24)30-28-32(19-7-18-31-17-6-12-27(31)33)26(20-34-28)23-15-13-22(14-16-23)21-8-2-1-3-9-21/h1-5,8-11,13-16,20H,6-7,12,17-19H2. The Balaban J connectivity index is 1.47. The number of hydrogen-bond acceptors (Lipinski definition) is 3. The Bertz CT molecular complexity index is 1340. The molecule has 1 fully saturated rings. The number of hydrogen-bond donors (Lipinski definition) is 0. The Hall–Kier alpha value is -3.51. The second-order valence-electron chi connectivity index (χ2n) is 8.40. The van der Waals surface area contributed by atoms with Gasteiger partial charge in [0.05, 0.1) is 5.69 Å². The van der Waals surface area contributed by atoms with Crippen molar-refractivity contribution in [1.82, 2.24) is 9.47 Å². The maximum Gasteiger partial charge on any atom is 0.222 e. The van der Waals surface area contributed by atoms with Crippen molar-refractivity contribution in [2.75, 3.05) is 13.1 Å². The number of likely N-dealkylation sites (tertiary alicyclic amines) is 1. The number of carbonyl (C=O) groups excluding carboxylic acids is 1. The molecule has 1 aromatic heterocycles. The fraction of sp³-hybridized carbons (Fsp3) is 0.214. The molecule has 1 amide bonds. The summed E-state index contributed by atoms with van der Waals surface area (Å²) in [5, 5.41) is 2.08. The van der Waals surface area contributed by atoms with Crippen LogP contribution in [0.4, 0.5) is 10.1 Å². The molecule has 0 spiro atoms. The molecule has 1 aliphatic rings. The number of halogens is 1. The van der Waals surface area contributed by atoms with E-state index >= 15 is 0 Å². The van der Waals surface area contributed by atoms with Gasteiger partial charge in [-0.2, -0.15) is 0 Å². The maximum absolute atomic E-state index is 14.3. The van der Waals surface area contributed by atoms with Crippen LogP contribution in [0.2, 0.25) is 0 Å². The minimum Gasteiger partial charge on any atom is -0.343 e. The molecule has 0 atom stereocenters. The van der Waals surface area contributed by atoms with Crippen molar-refractivity contribution in [3.8, 4) is 22.4 Å². The normalized spacial score (nSPS) is 14.2. The molecule has 1 saturated heterocycles. The van der Waals surface area contributed by atoms with Gasteiger partial charge >= 0.3 is 0 Å². The summed E-state index contributed by atoms with van der Waals surface area (Å²) in [6.45, 7) is 2.27. The average Bonchev–Trinajstić information content (AvgIpc) is 3.47. The van der Waals surface area contributed by atoms with Gasteiger partial charge in [0.1, 0.15) is 11.5 Å². The lowest BCUT2D eigenvalue weighted by Gasteiger charge is -2.16. The molecule has 3 aromatic carbocycles. The van der Waals surface area contributed by atoms with E-state index in [2.05, 4.69) is 51.3 Å². The van der Waals surface area contributed by atoms with Crippen molar-refractivity contribution in [2.24, 2.45) is 4.99 Å². The molecule has 172 valence electrons. The van der Waals surface area contributed by atoms with Gasteiger partial charge < -0.3 is 9.47 Å². The first-order valence-electron chi connectivity index (χ1n) is 11.6. The van der Waals surface area contributed by atoms with E-state index in [0.29, 0.717) is 18.7 Å². The topological polar surface area (TPSA) is 37.6 Å². The predicted molar refractivity (Wildman–Crippen MR) is 135 cm³/mol. The Labute approximate surface area is 202 Å². The summed E-state index contributed by atoms with van der Waals surface area (Å²) in [5.41, 5.74) is 4.81. The Kier molecular flexibility index (Phi) is 6.67. The van der Waals surface area contributed by atoms with Crippen molar-refractivity contribution >= 4 is 22.9 Å². The highest BCUT2D eigenvalue weighted by Gasteiger charge is 2.19. The molecular weight excluding hydrogens is 445 g/mol. The highest BCUT2D eigenvalue weighted by atomic mass is 32.1. The largest absolute Gasteiger partial charge is 0.343 e. The third-order valence-electron chi connectivity index (χ3n) is 6.14. The molecule has 4 aromatic rings. The summed E-state index contributed by atoms with van der Waals surface area (Å²) >= 11 is 1.51. The lowest BCUT2D eigenvalue weighted by molar-refractivity contribution is -0.127. The van der Waals surface area contributed by atoms with Crippen LogP contribution >= 0.6 is 11.3 Å². The highest BCUT2D eigenvalue weighted by molar-refractivity contribution is 7.07. The van der Waals surface area contributed by atoms with Gasteiger partial charge in [-0.05, 0) is 41.7 Å². The van der Waals surface area contributed by atoms with Crippen LogP contribution in [0.1, 0.15) is 19.3 Å². The summed E-state index contributed by atoms with van der Waals surface area (Å²) in [6.07, 6.45) is 2.41. The molecule has 5 rings (SSSR count). The first-order chi connectivity index (χ1) is 16.7. The maximum atomic E-state index is 14.3. The molecule has 6 heteroatoms. The van der Waals surface area contributed by atoms with Gasteiger partial charge in [0.15, 0.2) is 4.80 Å². The molecule has 4 nitrogen and oxygen atoms in total. The number of rotatable bonds is 7. The summed E-state index contributed by atoms with van der Waals surface area (Å²) < 4.78 is 16.4. The summed E-state index contributed by atoms with van der Waals surface area (Å²) in [6, 6.07) is 25.4. The van der Waals surface area contributed by atoms with Crippen molar-refractivity contribution in [1.29, 1.82) is 0 Å². The van der Waals surface area contributed by atoms with E-state index in [0.717, 1.165) is 47.6 Å². The van der Waals surface area contributed by atoms with Gasteiger partial charge in [0.2, 0.25) is 5.91 Å². The molecule has 2 heterocycles. The SMILES string of the molecule is O=C1CCCN1CCCn1c(-c2ccc(-c3ccccc3)cc2)csc1=Nc1ccccc1F. The van der Waals surface area contributed by atoms with Crippen LogP contribution in [-0.4, -0.2) is 28.5 Å². The van der Waals surface area contributed by atoms with Crippen LogP contribution in [0, 0.1) is 5.82 Å². The van der Waals surface area contributed by atoms with Gasteiger partial charge in [0.25, 0.3) is 0 Å².